The van der Waals surface area contributed by atoms with E-state index in [0.717, 1.165) is 29.0 Å². The first-order chi connectivity index (χ1) is 19.5. The number of carboxylic acids is 1. The van der Waals surface area contributed by atoms with Crippen molar-refractivity contribution in [3.05, 3.63) is 135 Å². The first-order valence-corrected chi connectivity index (χ1v) is 13.7. The summed E-state index contributed by atoms with van der Waals surface area (Å²) in [7, 11) is 0. The zero-order valence-corrected chi connectivity index (χ0v) is 23.4. The Morgan fingerprint density at radius 3 is 1.80 bits per heavy atom. The van der Waals surface area contributed by atoms with E-state index < -0.39 is 23.1 Å². The second kappa shape index (κ2) is 11.2. The van der Waals surface area contributed by atoms with E-state index in [0.29, 0.717) is 51.6 Å². The van der Waals surface area contributed by atoms with Crippen LogP contribution < -0.4 is 0 Å². The van der Waals surface area contributed by atoms with Crippen LogP contribution in [0.15, 0.2) is 91.0 Å². The van der Waals surface area contributed by atoms with E-state index in [1.54, 1.807) is 54.6 Å². The van der Waals surface area contributed by atoms with Gasteiger partial charge in [0, 0.05) is 23.0 Å². The van der Waals surface area contributed by atoms with Crippen LogP contribution in [0.4, 0.5) is 13.2 Å². The Kier molecular flexibility index (Phi) is 7.86. The van der Waals surface area contributed by atoms with Crippen molar-refractivity contribution in [2.24, 2.45) is 0 Å². The number of carboxylic acid groups (broad SMARTS) is 1. The van der Waals surface area contributed by atoms with Gasteiger partial charge < -0.3 is 9.67 Å². The van der Waals surface area contributed by atoms with Gasteiger partial charge in [-0.25, -0.2) is 4.98 Å². The van der Waals surface area contributed by atoms with E-state index >= 15 is 0 Å². The van der Waals surface area contributed by atoms with Crippen molar-refractivity contribution in [1.29, 1.82) is 0 Å². The number of rotatable bonds is 8. The molecule has 0 aliphatic carbocycles. The Morgan fingerprint density at radius 2 is 1.32 bits per heavy atom. The summed E-state index contributed by atoms with van der Waals surface area (Å²) < 4.78 is 41.0. The van der Waals surface area contributed by atoms with Crippen LogP contribution in [0.2, 0.25) is 10.0 Å². The summed E-state index contributed by atoms with van der Waals surface area (Å²) >= 11 is 12.3. The van der Waals surface area contributed by atoms with Crippen molar-refractivity contribution in [3.8, 4) is 0 Å². The van der Waals surface area contributed by atoms with Crippen LogP contribution in [0.1, 0.15) is 40.6 Å². The quantitative estimate of drug-likeness (QED) is 0.182. The van der Waals surface area contributed by atoms with Crippen molar-refractivity contribution in [2.45, 2.75) is 37.9 Å². The number of halogens is 5. The van der Waals surface area contributed by atoms with Crippen LogP contribution in [0.25, 0.3) is 11.0 Å². The highest BCUT2D eigenvalue weighted by atomic mass is 35.5. The minimum atomic E-state index is -4.39. The van der Waals surface area contributed by atoms with E-state index in [2.05, 4.69) is 0 Å². The Labute approximate surface area is 245 Å². The van der Waals surface area contributed by atoms with Gasteiger partial charge in [0.05, 0.1) is 16.6 Å². The highest BCUT2D eigenvalue weighted by Gasteiger charge is 2.44. The SMILES string of the molecule is CCc1nc2ccc(C(C(=O)O)(c3ccc(Cl)cc3)c3ccc(Cl)cc3)cc2n1CCc1ccc(C(F)(F)F)cc1. The van der Waals surface area contributed by atoms with Gasteiger partial charge in [0.25, 0.3) is 0 Å². The molecule has 210 valence electrons. The predicted octanol–water partition coefficient (Wildman–Crippen LogP) is 8.59. The summed E-state index contributed by atoms with van der Waals surface area (Å²) in [4.78, 5) is 18.1. The van der Waals surface area contributed by atoms with Crippen molar-refractivity contribution in [3.63, 3.8) is 0 Å². The maximum absolute atomic E-state index is 13.3. The largest absolute Gasteiger partial charge is 0.480 e. The Morgan fingerprint density at radius 1 is 0.805 bits per heavy atom. The molecular formula is C32H25Cl2F3N2O2. The molecule has 4 nitrogen and oxygen atoms in total. The molecule has 0 radical (unpaired) electrons. The number of aromatic nitrogens is 2. The highest BCUT2D eigenvalue weighted by molar-refractivity contribution is 6.30. The fraction of sp³-hybridized carbons (Fsp3) is 0.188. The Hall–Kier alpha value is -3.81. The average molecular weight is 597 g/mol. The summed E-state index contributed by atoms with van der Waals surface area (Å²) in [5.41, 5.74) is 1.45. The molecule has 0 atom stereocenters. The van der Waals surface area contributed by atoms with E-state index in [1.165, 1.54) is 12.1 Å². The molecule has 0 bridgehead atoms. The van der Waals surface area contributed by atoms with Crippen LogP contribution in [-0.4, -0.2) is 20.6 Å². The fourth-order valence-electron chi connectivity index (χ4n) is 5.30. The standard InChI is InChI=1S/C32H25Cl2F3N2O2/c1-2-29-38-27-16-11-24(19-28(27)39(29)18-17-20-3-5-23(6-4-20)32(35,36)37)31(30(40)41,21-7-12-25(33)13-8-21)22-9-14-26(34)15-10-22/h3-16,19H,2,17-18H2,1H3,(H,40,41). The van der Waals surface area contributed by atoms with Crippen LogP contribution in [0.5, 0.6) is 0 Å². The molecule has 0 saturated heterocycles. The summed E-state index contributed by atoms with van der Waals surface area (Å²) in [6, 6.07) is 24.0. The second-order valence-electron chi connectivity index (χ2n) is 9.75. The van der Waals surface area contributed by atoms with Crippen molar-refractivity contribution < 1.29 is 23.1 Å². The van der Waals surface area contributed by atoms with Gasteiger partial charge in [-0.05, 0) is 77.2 Å². The normalized spacial score (nSPS) is 12.1. The monoisotopic (exact) mass is 596 g/mol. The molecule has 41 heavy (non-hydrogen) atoms. The van der Waals surface area contributed by atoms with Gasteiger partial charge in [0.2, 0.25) is 0 Å². The molecule has 0 spiro atoms. The molecular weight excluding hydrogens is 572 g/mol. The van der Waals surface area contributed by atoms with Crippen molar-refractivity contribution in [2.75, 3.05) is 0 Å². The molecule has 0 aliphatic rings. The number of alkyl halides is 3. The summed E-state index contributed by atoms with van der Waals surface area (Å²) in [6.45, 7) is 2.43. The third-order valence-corrected chi connectivity index (χ3v) is 7.86. The van der Waals surface area contributed by atoms with Crippen molar-refractivity contribution in [1.82, 2.24) is 9.55 Å². The lowest BCUT2D eigenvalue weighted by atomic mass is 9.69. The van der Waals surface area contributed by atoms with E-state index in [4.69, 9.17) is 28.2 Å². The third-order valence-electron chi connectivity index (χ3n) is 7.36. The molecule has 5 rings (SSSR count). The summed E-state index contributed by atoms with van der Waals surface area (Å²) in [5.74, 6) is -0.281. The van der Waals surface area contributed by atoms with Crippen LogP contribution in [0, 0.1) is 0 Å². The summed E-state index contributed by atoms with van der Waals surface area (Å²) in [5, 5.41) is 11.8. The number of aryl methyl sites for hydroxylation is 3. The Balaban J connectivity index is 1.64. The number of hydrogen-bond acceptors (Lipinski definition) is 2. The lowest BCUT2D eigenvalue weighted by Gasteiger charge is -2.31. The highest BCUT2D eigenvalue weighted by Crippen LogP contribution is 2.41. The van der Waals surface area contributed by atoms with Crippen LogP contribution >= 0.6 is 23.2 Å². The molecule has 4 aromatic carbocycles. The number of carbonyl (C=O) groups is 1. The molecule has 5 aromatic rings. The van der Waals surface area contributed by atoms with Gasteiger partial charge in [0.1, 0.15) is 11.2 Å². The molecule has 0 aliphatic heterocycles. The number of aliphatic carboxylic acids is 1. The average Bonchev–Trinajstić information content (AvgIpc) is 3.31. The summed E-state index contributed by atoms with van der Waals surface area (Å²) in [6.07, 6.45) is -3.30. The molecule has 1 aromatic heterocycles. The molecule has 1 heterocycles. The topological polar surface area (TPSA) is 55.1 Å². The lowest BCUT2D eigenvalue weighted by molar-refractivity contribution is -0.140. The van der Waals surface area contributed by atoms with Crippen molar-refractivity contribution >= 4 is 40.2 Å². The van der Waals surface area contributed by atoms with Gasteiger partial charge in [-0.15, -0.1) is 0 Å². The maximum atomic E-state index is 13.3. The molecule has 0 fully saturated rings. The fourth-order valence-corrected chi connectivity index (χ4v) is 5.55. The minimum absolute atomic E-state index is 0.455. The van der Waals surface area contributed by atoms with E-state index in [1.807, 2.05) is 23.6 Å². The van der Waals surface area contributed by atoms with E-state index in [9.17, 15) is 23.1 Å². The van der Waals surface area contributed by atoms with Gasteiger partial charge in [0.15, 0.2) is 0 Å². The van der Waals surface area contributed by atoms with Gasteiger partial charge in [-0.2, -0.15) is 13.2 Å². The number of benzene rings is 4. The minimum Gasteiger partial charge on any atom is -0.480 e. The van der Waals surface area contributed by atoms with Gasteiger partial charge in [-0.1, -0.05) is 72.6 Å². The van der Waals surface area contributed by atoms with Crippen LogP contribution in [0.3, 0.4) is 0 Å². The van der Waals surface area contributed by atoms with Gasteiger partial charge in [-0.3, -0.25) is 4.79 Å². The second-order valence-corrected chi connectivity index (χ2v) is 10.6. The zero-order valence-electron chi connectivity index (χ0n) is 21.9. The molecule has 1 N–H and O–H groups in total. The first kappa shape index (κ1) is 28.7. The molecule has 9 heteroatoms. The van der Waals surface area contributed by atoms with Crippen LogP contribution in [-0.2, 0) is 35.8 Å². The number of nitrogens with zero attached hydrogens (tertiary/aromatic N) is 2. The number of fused-ring (bicyclic) bond motifs is 1. The molecule has 0 saturated carbocycles. The molecule has 0 amide bonds. The Bertz CT molecular complexity index is 1650. The third kappa shape index (κ3) is 5.44. The number of imidazole rings is 1. The van der Waals surface area contributed by atoms with Gasteiger partial charge >= 0.3 is 12.1 Å². The smallest absolute Gasteiger partial charge is 0.416 e. The molecule has 0 unspecified atom stereocenters. The lowest BCUT2D eigenvalue weighted by Crippen LogP contribution is -2.38. The zero-order chi connectivity index (χ0) is 29.4. The first-order valence-electron chi connectivity index (χ1n) is 12.9. The maximum Gasteiger partial charge on any atom is 0.416 e. The number of hydrogen-bond donors (Lipinski definition) is 1. The predicted molar refractivity (Wildman–Crippen MR) is 155 cm³/mol. The van der Waals surface area contributed by atoms with E-state index in [-0.39, 0.29) is 0 Å².